The summed E-state index contributed by atoms with van der Waals surface area (Å²) in [5.74, 6) is 2.25. The fourth-order valence-corrected chi connectivity index (χ4v) is 2.71. The van der Waals surface area contributed by atoms with E-state index in [1.807, 2.05) is 18.2 Å². The van der Waals surface area contributed by atoms with Crippen molar-refractivity contribution < 1.29 is 0 Å². The van der Waals surface area contributed by atoms with Crippen molar-refractivity contribution in [2.24, 2.45) is 0 Å². The molecule has 0 aliphatic rings. The zero-order valence-electron chi connectivity index (χ0n) is 11.6. The summed E-state index contributed by atoms with van der Waals surface area (Å²) >= 11 is 12.1. The fraction of sp³-hybridized carbons (Fsp3) is 0.400. The summed E-state index contributed by atoms with van der Waals surface area (Å²) in [6.07, 6.45) is 0. The van der Waals surface area contributed by atoms with E-state index >= 15 is 0 Å². The third kappa shape index (κ3) is 3.69. The Morgan fingerprint density at radius 2 is 1.75 bits per heavy atom. The molecule has 0 aliphatic carbocycles. The first-order valence-electron chi connectivity index (χ1n) is 6.41. The Labute approximate surface area is 136 Å². The summed E-state index contributed by atoms with van der Waals surface area (Å²) < 4.78 is 2.20. The van der Waals surface area contributed by atoms with Crippen LogP contribution in [0.25, 0.3) is 0 Å². The second kappa shape index (κ2) is 7.92. The molecule has 0 saturated carbocycles. The van der Waals surface area contributed by atoms with Gasteiger partial charge in [0.25, 0.3) is 0 Å². The van der Waals surface area contributed by atoms with Crippen molar-refractivity contribution in [2.75, 3.05) is 0 Å². The zero-order chi connectivity index (χ0) is 13.8. The average molecular weight is 334 g/mol. The van der Waals surface area contributed by atoms with Gasteiger partial charge in [0.15, 0.2) is 0 Å². The molecule has 0 saturated heterocycles. The van der Waals surface area contributed by atoms with Crippen LogP contribution in [0.5, 0.6) is 0 Å². The third-order valence-electron chi connectivity index (χ3n) is 3.14. The minimum absolute atomic E-state index is 0. The highest BCUT2D eigenvalue weighted by Crippen LogP contribution is 2.23. The van der Waals surface area contributed by atoms with Crippen LogP contribution in [0.2, 0.25) is 0 Å². The normalized spacial score (nSPS) is 10.7. The highest BCUT2D eigenvalue weighted by Gasteiger charge is 2.17. The van der Waals surface area contributed by atoms with E-state index in [-0.39, 0.29) is 12.4 Å². The summed E-state index contributed by atoms with van der Waals surface area (Å²) in [5.41, 5.74) is 3.18. The Kier molecular flexibility index (Phi) is 6.87. The van der Waals surface area contributed by atoms with Gasteiger partial charge in [-0.2, -0.15) is 0 Å². The van der Waals surface area contributed by atoms with Crippen LogP contribution in [0, 0.1) is 0 Å². The fourth-order valence-electron chi connectivity index (χ4n) is 2.20. The molecule has 0 amide bonds. The summed E-state index contributed by atoms with van der Waals surface area (Å²) in [6.45, 7) is 5.07. The lowest BCUT2D eigenvalue weighted by Crippen LogP contribution is -2.09. The molecule has 0 spiro atoms. The third-order valence-corrected chi connectivity index (χ3v) is 3.64. The zero-order valence-corrected chi connectivity index (χ0v) is 14.0. The van der Waals surface area contributed by atoms with Crippen molar-refractivity contribution in [3.05, 3.63) is 53.1 Å². The van der Waals surface area contributed by atoms with Crippen molar-refractivity contribution in [1.82, 2.24) is 9.55 Å². The van der Waals surface area contributed by atoms with Crippen LogP contribution in [0.15, 0.2) is 30.3 Å². The first kappa shape index (κ1) is 17.4. The van der Waals surface area contributed by atoms with Crippen molar-refractivity contribution in [2.45, 2.75) is 38.1 Å². The number of nitrogens with zero attached hydrogens (tertiary/aromatic N) is 2. The lowest BCUT2D eigenvalue weighted by molar-refractivity contribution is 0.655. The van der Waals surface area contributed by atoms with Crippen molar-refractivity contribution in [1.29, 1.82) is 0 Å². The highest BCUT2D eigenvalue weighted by atomic mass is 35.5. The predicted molar refractivity (Wildman–Crippen MR) is 88.2 cm³/mol. The Hall–Kier alpha value is -0.700. The molecule has 0 unspecified atom stereocenters. The standard InChI is InChI=1S/C15H18Cl2N2.ClH/c1-11(2)15-18-13(8-16)14(9-17)19(15)10-12-6-4-3-5-7-12;/h3-7,11H,8-10H2,1-2H3;1H. The quantitative estimate of drug-likeness (QED) is 0.708. The number of aromatic nitrogens is 2. The Balaban J connectivity index is 0.00000200. The second-order valence-corrected chi connectivity index (χ2v) is 5.39. The van der Waals surface area contributed by atoms with Gasteiger partial charge in [-0.25, -0.2) is 4.98 Å². The molecular weight excluding hydrogens is 315 g/mol. The molecule has 2 aromatic rings. The number of rotatable bonds is 5. The smallest absolute Gasteiger partial charge is 0.112 e. The summed E-state index contributed by atoms with van der Waals surface area (Å²) in [7, 11) is 0. The summed E-state index contributed by atoms with van der Waals surface area (Å²) in [6, 6.07) is 10.3. The molecule has 0 fully saturated rings. The maximum absolute atomic E-state index is 6.08. The average Bonchev–Trinajstić information content (AvgIpc) is 2.77. The van der Waals surface area contributed by atoms with Crippen LogP contribution < -0.4 is 0 Å². The van der Waals surface area contributed by atoms with Crippen LogP contribution in [0.1, 0.15) is 42.5 Å². The number of alkyl halides is 2. The molecular formula is C15H19Cl3N2. The maximum atomic E-state index is 6.08. The Bertz CT molecular complexity index is 536. The van der Waals surface area contributed by atoms with Crippen LogP contribution in [-0.2, 0) is 18.3 Å². The molecule has 20 heavy (non-hydrogen) atoms. The van der Waals surface area contributed by atoms with Gasteiger partial charge in [-0.1, -0.05) is 44.2 Å². The lowest BCUT2D eigenvalue weighted by atomic mass is 10.2. The first-order valence-corrected chi connectivity index (χ1v) is 7.48. The molecule has 1 aromatic heterocycles. The van der Waals surface area contributed by atoms with Gasteiger partial charge in [0.1, 0.15) is 5.82 Å². The number of hydrogen-bond donors (Lipinski definition) is 0. The van der Waals surface area contributed by atoms with Gasteiger partial charge in [0.05, 0.1) is 23.1 Å². The van der Waals surface area contributed by atoms with Crippen LogP contribution in [0.3, 0.4) is 0 Å². The number of imidazole rings is 1. The van der Waals surface area contributed by atoms with E-state index in [1.54, 1.807) is 0 Å². The van der Waals surface area contributed by atoms with Gasteiger partial charge in [-0.3, -0.25) is 0 Å². The highest BCUT2D eigenvalue weighted by molar-refractivity contribution is 6.18. The first-order chi connectivity index (χ1) is 9.17. The van der Waals surface area contributed by atoms with Gasteiger partial charge < -0.3 is 4.57 Å². The van der Waals surface area contributed by atoms with Gasteiger partial charge >= 0.3 is 0 Å². The molecule has 0 bridgehead atoms. The van der Waals surface area contributed by atoms with Crippen LogP contribution >= 0.6 is 35.6 Å². The molecule has 0 N–H and O–H groups in total. The number of halogens is 3. The van der Waals surface area contributed by atoms with Gasteiger partial charge in [0, 0.05) is 12.5 Å². The van der Waals surface area contributed by atoms with Gasteiger partial charge in [0.2, 0.25) is 0 Å². The summed E-state index contributed by atoms with van der Waals surface area (Å²) in [5, 5.41) is 0. The van der Waals surface area contributed by atoms with E-state index in [2.05, 4.69) is 35.5 Å². The topological polar surface area (TPSA) is 17.8 Å². The van der Waals surface area contributed by atoms with Crippen LogP contribution in [0.4, 0.5) is 0 Å². The maximum Gasteiger partial charge on any atom is 0.112 e. The van der Waals surface area contributed by atoms with E-state index in [0.717, 1.165) is 23.8 Å². The Morgan fingerprint density at radius 1 is 1.10 bits per heavy atom. The SMILES string of the molecule is CC(C)c1nc(CCl)c(CCl)n1Cc1ccccc1.Cl. The van der Waals surface area contributed by atoms with Crippen LogP contribution in [-0.4, -0.2) is 9.55 Å². The largest absolute Gasteiger partial charge is 0.326 e. The second-order valence-electron chi connectivity index (χ2n) is 4.86. The minimum atomic E-state index is 0. The predicted octanol–water partition coefficient (Wildman–Crippen LogP) is 4.95. The molecule has 2 nitrogen and oxygen atoms in total. The van der Waals surface area contributed by atoms with E-state index in [9.17, 15) is 0 Å². The Morgan fingerprint density at radius 3 is 2.25 bits per heavy atom. The van der Waals surface area contributed by atoms with E-state index in [1.165, 1.54) is 5.56 Å². The molecule has 2 rings (SSSR count). The molecule has 5 heteroatoms. The summed E-state index contributed by atoms with van der Waals surface area (Å²) in [4.78, 5) is 4.64. The number of benzene rings is 1. The minimum Gasteiger partial charge on any atom is -0.326 e. The van der Waals surface area contributed by atoms with E-state index in [4.69, 9.17) is 23.2 Å². The van der Waals surface area contributed by atoms with Gasteiger partial charge in [-0.15, -0.1) is 35.6 Å². The monoisotopic (exact) mass is 332 g/mol. The van der Waals surface area contributed by atoms with Gasteiger partial charge in [-0.05, 0) is 5.56 Å². The van der Waals surface area contributed by atoms with Crippen molar-refractivity contribution in [3.8, 4) is 0 Å². The molecule has 1 aromatic carbocycles. The van der Waals surface area contributed by atoms with Crippen molar-refractivity contribution in [3.63, 3.8) is 0 Å². The molecule has 0 radical (unpaired) electrons. The number of hydrogen-bond acceptors (Lipinski definition) is 1. The molecule has 110 valence electrons. The van der Waals surface area contributed by atoms with E-state index < -0.39 is 0 Å². The van der Waals surface area contributed by atoms with E-state index in [0.29, 0.717) is 17.7 Å². The lowest BCUT2D eigenvalue weighted by Gasteiger charge is -2.13. The van der Waals surface area contributed by atoms with Crippen molar-refractivity contribution >= 4 is 35.6 Å². The molecule has 1 heterocycles. The molecule has 0 atom stereocenters. The molecule has 0 aliphatic heterocycles.